The number of allylic oxidation sites excluding steroid dienone is 8. The highest BCUT2D eigenvalue weighted by molar-refractivity contribution is 6.31. The molecule has 0 fully saturated rings. The molecule has 0 aliphatic heterocycles. The Kier molecular flexibility index (Phi) is 7.81. The molecule has 32 rings (SSSR count). The van der Waals surface area contributed by atoms with E-state index in [4.69, 9.17) is 0 Å². The fourth-order valence-electron chi connectivity index (χ4n) is 24.1. The predicted octanol–water partition coefficient (Wildman–Crippen LogP) is 17.5. The summed E-state index contributed by atoms with van der Waals surface area (Å²) in [4.78, 5) is 68.1. The van der Waals surface area contributed by atoms with Crippen molar-refractivity contribution in [3.8, 4) is 0 Å². The van der Waals surface area contributed by atoms with Gasteiger partial charge in [-0.2, -0.15) is 0 Å². The highest BCUT2D eigenvalue weighted by Crippen LogP contribution is 2.71. The van der Waals surface area contributed by atoms with Crippen LogP contribution in [0.3, 0.4) is 0 Å². The van der Waals surface area contributed by atoms with E-state index in [9.17, 15) is 0 Å². The Balaban J connectivity index is 0.772. The molecule has 0 heterocycles. The summed E-state index contributed by atoms with van der Waals surface area (Å²) in [6, 6.07) is 82.1. The van der Waals surface area contributed by atoms with Gasteiger partial charge in [0, 0.05) is 116 Å². The molecule has 12 aromatic rings. The van der Waals surface area contributed by atoms with Gasteiger partial charge in [-0.1, -0.05) is 194 Å². The first-order chi connectivity index (χ1) is 47.3. The summed E-state index contributed by atoms with van der Waals surface area (Å²) in [5.41, 5.74) is 38.5. The standard InChI is InChI=1S/C92H48O4/c93-89-81-73-43-17-5-7-19-45(43)75-63-31-55-53(29-61(63)73)69-41-15-3-4-16-42(41)70(55)56-32-64-62(30-54(56)69)74-44-18-6-8-20-46(44)76(64)84-82(74)90(94)86-78-48-22-10-12-24-50(48)80(88(86)92(84)96)68-36-60-58(34-66(68)78)71-51-27-39-25-37-13-1-2-14-38(37)26-40(39)28-52(51)72(60)59-35-67-65(33-57(59)71)77-47-21-9-11-23-49(47)79(67)87(85(77)89)91(95)83(75)81/h1-36,69-80H. The van der Waals surface area contributed by atoms with Crippen molar-refractivity contribution in [1.82, 2.24) is 0 Å². The summed E-state index contributed by atoms with van der Waals surface area (Å²) in [7, 11) is 0. The van der Waals surface area contributed by atoms with Crippen LogP contribution in [0.5, 0.6) is 0 Å². The average Bonchev–Trinajstić information content (AvgIpc) is 0.663. The van der Waals surface area contributed by atoms with Gasteiger partial charge in [-0.25, -0.2) is 0 Å². The highest BCUT2D eigenvalue weighted by atomic mass is 16.1. The molecule has 0 aromatic heterocycles. The maximum absolute atomic E-state index is 17.0. The van der Waals surface area contributed by atoms with Crippen LogP contribution in [0, 0.1) is 0 Å². The molecule has 0 radical (unpaired) electrons. The Morgan fingerprint density at radius 3 is 0.479 bits per heavy atom. The molecule has 4 heteroatoms. The molecule has 4 nitrogen and oxygen atoms in total. The van der Waals surface area contributed by atoms with Gasteiger partial charge >= 0.3 is 0 Å². The van der Waals surface area contributed by atoms with E-state index in [1.165, 1.54) is 88.3 Å². The zero-order valence-corrected chi connectivity index (χ0v) is 51.3. The molecule has 8 unspecified atom stereocenters. The van der Waals surface area contributed by atoms with E-state index in [0.29, 0.717) is 44.6 Å². The van der Waals surface area contributed by atoms with Gasteiger partial charge in [-0.3, -0.25) is 19.2 Å². The third-order valence-electron chi connectivity index (χ3n) is 27.2. The smallest absolute Gasteiger partial charge is 0.187 e. The maximum atomic E-state index is 17.0. The predicted molar refractivity (Wildman–Crippen MR) is 366 cm³/mol. The lowest BCUT2D eigenvalue weighted by Gasteiger charge is -2.52. The molecule has 12 aromatic carbocycles. The Morgan fingerprint density at radius 2 is 0.281 bits per heavy atom. The number of rotatable bonds is 0. The van der Waals surface area contributed by atoms with E-state index >= 15 is 19.2 Å². The van der Waals surface area contributed by atoms with Crippen molar-refractivity contribution >= 4 is 44.7 Å². The van der Waals surface area contributed by atoms with Crippen molar-refractivity contribution in [2.24, 2.45) is 0 Å². The van der Waals surface area contributed by atoms with E-state index < -0.39 is 47.3 Å². The topological polar surface area (TPSA) is 68.3 Å². The molecular weight excluding hydrogens is 1170 g/mol. The molecule has 96 heavy (non-hydrogen) atoms. The largest absolute Gasteiger partial charge is 0.289 e. The zero-order valence-electron chi connectivity index (χ0n) is 51.3. The first kappa shape index (κ1) is 48.5. The molecule has 20 aliphatic carbocycles. The fraction of sp³-hybridized carbons (Fsp3) is 0.130. The first-order valence-electron chi connectivity index (χ1n) is 34.6. The van der Waals surface area contributed by atoms with Crippen LogP contribution < -0.4 is 0 Å². The van der Waals surface area contributed by atoms with E-state index in [1.807, 2.05) is 0 Å². The molecule has 0 amide bonds. The van der Waals surface area contributed by atoms with Crippen molar-refractivity contribution < 1.29 is 19.2 Å². The van der Waals surface area contributed by atoms with Crippen LogP contribution >= 0.6 is 0 Å². The normalized spacial score (nSPS) is 27.1. The van der Waals surface area contributed by atoms with Crippen molar-refractivity contribution in [3.05, 3.63) is 419 Å². The number of carbonyl (C=O) groups is 4. The van der Waals surface area contributed by atoms with Gasteiger partial charge in [0.25, 0.3) is 0 Å². The third-order valence-corrected chi connectivity index (χ3v) is 27.2. The highest BCUT2D eigenvalue weighted by Gasteiger charge is 2.62. The maximum Gasteiger partial charge on any atom is 0.187 e. The van der Waals surface area contributed by atoms with E-state index in [0.717, 1.165) is 89.0 Å². The lowest BCUT2D eigenvalue weighted by molar-refractivity contribution is -0.117. The Labute approximate surface area is 550 Å². The van der Waals surface area contributed by atoms with E-state index in [2.05, 4.69) is 218 Å². The van der Waals surface area contributed by atoms with Gasteiger partial charge in [0.2, 0.25) is 0 Å². The summed E-state index contributed by atoms with van der Waals surface area (Å²) in [5, 5.41) is 4.79. The number of benzene rings is 12. The van der Waals surface area contributed by atoms with Crippen molar-refractivity contribution in [2.45, 2.75) is 71.0 Å². The molecule has 440 valence electrons. The number of ketones is 4. The molecule has 8 atom stereocenters. The van der Waals surface area contributed by atoms with Crippen LogP contribution in [-0.4, -0.2) is 23.1 Å². The minimum Gasteiger partial charge on any atom is -0.289 e. The van der Waals surface area contributed by atoms with Gasteiger partial charge in [-0.15, -0.1) is 0 Å². The lowest BCUT2D eigenvalue weighted by atomic mass is 9.49. The van der Waals surface area contributed by atoms with Gasteiger partial charge < -0.3 is 0 Å². The summed E-state index contributed by atoms with van der Waals surface area (Å²) in [5.74, 6) is -4.09. The van der Waals surface area contributed by atoms with Gasteiger partial charge in [0.1, 0.15) is 0 Å². The summed E-state index contributed by atoms with van der Waals surface area (Å²) in [6.45, 7) is 0. The number of fused-ring (bicyclic) bond motifs is 2. The first-order valence-corrected chi connectivity index (χ1v) is 34.6. The molecule has 20 aliphatic rings. The second-order valence-electron chi connectivity index (χ2n) is 30.4. The summed E-state index contributed by atoms with van der Waals surface area (Å²) < 4.78 is 0. The third kappa shape index (κ3) is 4.94. The Hall–Kier alpha value is -11.2. The molecule has 0 saturated carbocycles. The van der Waals surface area contributed by atoms with E-state index in [-0.39, 0.29) is 46.8 Å². The molecular formula is C92H48O4. The van der Waals surface area contributed by atoms with Crippen molar-refractivity contribution in [2.75, 3.05) is 0 Å². The monoisotopic (exact) mass is 1220 g/mol. The SMILES string of the molecule is O=C1C2=C3C(=O)C4=C1C1c5ccccc5C4c4cc5c(cc41)C1c4cc6c(cc4C5c4cc5cc7ccccc7cc5cc41)C1C4=C(C(=O)C5=C(C4=O)C4c7ccccc7C5c5cc7c(cc54)C4c5ccccc5C7c5cc7c(cc54)C3c3ccccc3C27)C6c2ccccc21. The summed E-state index contributed by atoms with van der Waals surface area (Å²) in [6.07, 6.45) is 0. The molecule has 0 spiro atoms. The number of hydrogen-bond donors (Lipinski definition) is 0. The van der Waals surface area contributed by atoms with Gasteiger partial charge in [-0.05, 0) is 202 Å². The van der Waals surface area contributed by atoms with Crippen molar-refractivity contribution in [1.29, 1.82) is 0 Å². The van der Waals surface area contributed by atoms with Crippen LogP contribution in [0.15, 0.2) is 263 Å². The quantitative estimate of drug-likeness (QED) is 0.112. The molecule has 12 bridgehead atoms. The minimum absolute atomic E-state index is 0.0350. The van der Waals surface area contributed by atoms with Crippen LogP contribution in [0.2, 0.25) is 0 Å². The van der Waals surface area contributed by atoms with Crippen LogP contribution in [0.1, 0.15) is 227 Å². The van der Waals surface area contributed by atoms with Crippen LogP contribution in [0.4, 0.5) is 0 Å². The average molecular weight is 1220 g/mol. The van der Waals surface area contributed by atoms with Gasteiger partial charge in [0.05, 0.1) is 0 Å². The zero-order chi connectivity index (χ0) is 61.8. The van der Waals surface area contributed by atoms with Gasteiger partial charge in [0.15, 0.2) is 23.1 Å². The van der Waals surface area contributed by atoms with Crippen LogP contribution in [0.25, 0.3) is 21.5 Å². The second kappa shape index (κ2) is 15.5. The minimum atomic E-state index is -0.453. The molecule has 0 saturated heterocycles. The summed E-state index contributed by atoms with van der Waals surface area (Å²) >= 11 is 0. The van der Waals surface area contributed by atoms with Crippen molar-refractivity contribution in [3.63, 3.8) is 0 Å². The number of hydrogen-bond acceptors (Lipinski definition) is 4. The Morgan fingerprint density at radius 1 is 0.135 bits per heavy atom. The lowest BCUT2D eigenvalue weighted by Crippen LogP contribution is -2.44. The fourth-order valence-corrected chi connectivity index (χ4v) is 24.1. The van der Waals surface area contributed by atoms with Crippen LogP contribution in [-0.2, 0) is 19.2 Å². The Bertz CT molecular complexity index is 5710. The number of carbonyl (C=O) groups excluding carboxylic acids is 4. The van der Waals surface area contributed by atoms with E-state index in [1.54, 1.807) is 0 Å². The number of Topliss-reactive ketones (excluding diaryl/α,β-unsaturated/α-hetero) is 4. The molecule has 0 N–H and O–H groups in total. The second-order valence-corrected chi connectivity index (χ2v) is 30.4.